The Morgan fingerprint density at radius 3 is 2.96 bits per heavy atom. The Kier molecular flexibility index (Phi) is 3.97. The van der Waals surface area contributed by atoms with Gasteiger partial charge in [-0.25, -0.2) is 4.98 Å². The van der Waals surface area contributed by atoms with Crippen molar-refractivity contribution in [2.45, 2.75) is 38.0 Å². The summed E-state index contributed by atoms with van der Waals surface area (Å²) in [5, 5.41) is 4.22. The van der Waals surface area contributed by atoms with Crippen molar-refractivity contribution >= 4 is 0 Å². The predicted molar refractivity (Wildman–Crippen MR) is 87.6 cm³/mol. The number of ether oxygens (including phenoxy) is 2. The zero-order valence-corrected chi connectivity index (χ0v) is 14.2. The Morgan fingerprint density at radius 2 is 2.21 bits per heavy atom. The third-order valence-electron chi connectivity index (χ3n) is 4.66. The lowest BCUT2D eigenvalue weighted by Crippen LogP contribution is -2.65. The van der Waals surface area contributed by atoms with Crippen LogP contribution in [0.15, 0.2) is 24.8 Å². The minimum Gasteiger partial charge on any atom is -0.473 e. The van der Waals surface area contributed by atoms with Crippen LogP contribution in [0.3, 0.4) is 0 Å². The lowest BCUT2D eigenvalue weighted by molar-refractivity contribution is -0.188. The Labute approximate surface area is 141 Å². The maximum absolute atomic E-state index is 6.09. The minimum atomic E-state index is -0.0671. The molecule has 0 aromatic carbocycles. The summed E-state index contributed by atoms with van der Waals surface area (Å²) < 4.78 is 14.0. The van der Waals surface area contributed by atoms with Crippen molar-refractivity contribution in [3.8, 4) is 5.88 Å². The molecule has 1 atom stereocenters. The largest absolute Gasteiger partial charge is 0.473 e. The van der Waals surface area contributed by atoms with E-state index >= 15 is 0 Å². The molecule has 0 saturated carbocycles. The van der Waals surface area contributed by atoms with Crippen LogP contribution in [0.25, 0.3) is 0 Å². The van der Waals surface area contributed by atoms with E-state index in [4.69, 9.17) is 9.47 Å². The van der Waals surface area contributed by atoms with Crippen molar-refractivity contribution in [2.75, 3.05) is 19.7 Å². The van der Waals surface area contributed by atoms with Gasteiger partial charge in [0.05, 0.1) is 30.3 Å². The van der Waals surface area contributed by atoms with Crippen LogP contribution in [-0.2, 0) is 18.3 Å². The van der Waals surface area contributed by atoms with E-state index in [2.05, 4.69) is 26.2 Å². The normalized spacial score (nSPS) is 23.2. The molecule has 2 aliphatic rings. The van der Waals surface area contributed by atoms with Gasteiger partial charge >= 0.3 is 0 Å². The quantitative estimate of drug-likeness (QED) is 0.843. The molecular weight excluding hydrogens is 306 g/mol. The number of nitrogens with zero attached hydrogens (tertiary/aromatic N) is 5. The molecule has 7 heteroatoms. The van der Waals surface area contributed by atoms with E-state index in [1.165, 1.54) is 5.56 Å². The number of likely N-dealkylation sites (tertiary alicyclic amines) is 1. The highest BCUT2D eigenvalue weighted by Crippen LogP contribution is 2.36. The highest BCUT2D eigenvalue weighted by molar-refractivity contribution is 5.10. The molecule has 0 radical (unpaired) electrons. The Bertz CT molecular complexity index is 711. The monoisotopic (exact) mass is 329 g/mol. The van der Waals surface area contributed by atoms with Gasteiger partial charge in [-0.3, -0.25) is 14.6 Å². The second kappa shape index (κ2) is 6.14. The Balaban J connectivity index is 1.32. The van der Waals surface area contributed by atoms with Gasteiger partial charge in [-0.15, -0.1) is 0 Å². The van der Waals surface area contributed by atoms with Gasteiger partial charge in [-0.05, 0) is 6.92 Å². The molecule has 24 heavy (non-hydrogen) atoms. The van der Waals surface area contributed by atoms with Crippen LogP contribution in [0.4, 0.5) is 0 Å². The van der Waals surface area contributed by atoms with Gasteiger partial charge in [0.2, 0.25) is 5.88 Å². The lowest BCUT2D eigenvalue weighted by Gasteiger charge is -2.53. The highest BCUT2D eigenvalue weighted by Gasteiger charge is 2.48. The predicted octanol–water partition coefficient (Wildman–Crippen LogP) is 1.33. The number of aromatic nitrogens is 4. The van der Waals surface area contributed by atoms with Gasteiger partial charge in [0.1, 0.15) is 6.10 Å². The number of hydrogen-bond acceptors (Lipinski definition) is 6. The maximum Gasteiger partial charge on any atom is 0.232 e. The smallest absolute Gasteiger partial charge is 0.232 e. The number of rotatable bonds is 4. The summed E-state index contributed by atoms with van der Waals surface area (Å²) in [5.74, 6) is 0.614. The van der Waals surface area contributed by atoms with Crippen LogP contribution in [-0.4, -0.2) is 56.0 Å². The average Bonchev–Trinajstić information content (AvgIpc) is 2.91. The van der Waals surface area contributed by atoms with E-state index in [1.54, 1.807) is 12.4 Å². The Morgan fingerprint density at radius 1 is 1.33 bits per heavy atom. The van der Waals surface area contributed by atoms with Crippen molar-refractivity contribution in [3.05, 3.63) is 36.0 Å². The van der Waals surface area contributed by atoms with Crippen LogP contribution in [0, 0.1) is 6.92 Å². The summed E-state index contributed by atoms with van der Waals surface area (Å²) in [5.41, 5.74) is 2.05. The van der Waals surface area contributed by atoms with E-state index in [0.29, 0.717) is 5.88 Å². The molecule has 128 valence electrons. The van der Waals surface area contributed by atoms with E-state index in [-0.39, 0.29) is 11.7 Å². The van der Waals surface area contributed by atoms with Crippen molar-refractivity contribution in [3.63, 3.8) is 0 Å². The van der Waals surface area contributed by atoms with Crippen molar-refractivity contribution in [1.82, 2.24) is 24.6 Å². The molecule has 4 heterocycles. The molecule has 0 aliphatic carbocycles. The summed E-state index contributed by atoms with van der Waals surface area (Å²) in [6, 6.07) is 0. The molecule has 0 N–H and O–H groups in total. The Hall–Kier alpha value is -1.99. The number of aryl methyl sites for hydroxylation is 2. The summed E-state index contributed by atoms with van der Waals surface area (Å²) >= 11 is 0. The molecule has 2 saturated heterocycles. The van der Waals surface area contributed by atoms with Crippen LogP contribution in [0.2, 0.25) is 0 Å². The minimum absolute atomic E-state index is 0.0671. The van der Waals surface area contributed by atoms with Gasteiger partial charge in [0.25, 0.3) is 0 Å². The first-order chi connectivity index (χ1) is 11.6. The zero-order valence-electron chi connectivity index (χ0n) is 14.2. The zero-order chi connectivity index (χ0) is 16.6. The molecular formula is C17H23N5O2. The molecule has 0 bridgehead atoms. The van der Waals surface area contributed by atoms with Crippen LogP contribution >= 0.6 is 0 Å². The summed E-state index contributed by atoms with van der Waals surface area (Å²) in [4.78, 5) is 10.9. The second-order valence-corrected chi connectivity index (χ2v) is 6.93. The topological polar surface area (TPSA) is 65.3 Å². The lowest BCUT2D eigenvalue weighted by atomic mass is 9.84. The third-order valence-corrected chi connectivity index (χ3v) is 4.66. The summed E-state index contributed by atoms with van der Waals surface area (Å²) in [6.07, 6.45) is 9.37. The fraction of sp³-hybridized carbons (Fsp3) is 0.588. The molecule has 2 aliphatic heterocycles. The summed E-state index contributed by atoms with van der Waals surface area (Å²) in [7, 11) is 1.95. The van der Waals surface area contributed by atoms with Crippen molar-refractivity contribution in [2.24, 2.45) is 7.05 Å². The molecule has 1 unspecified atom stereocenters. The standard InChI is InChI=1S/C17H23N5O2/c1-13-6-18-8-16(20-13)24-15-3-4-23-17(5-15)11-22(12-17)10-14-7-19-21(2)9-14/h6-9,15H,3-5,10-12H2,1-2H3. The van der Waals surface area contributed by atoms with Gasteiger partial charge in [0.15, 0.2) is 0 Å². The first kappa shape index (κ1) is 15.5. The molecule has 1 spiro atoms. The third kappa shape index (κ3) is 3.27. The first-order valence-corrected chi connectivity index (χ1v) is 8.39. The SMILES string of the molecule is Cc1cncc(OC2CCOC3(C2)CN(Cc2cnn(C)c2)C3)n1. The van der Waals surface area contributed by atoms with Crippen LogP contribution in [0.1, 0.15) is 24.1 Å². The van der Waals surface area contributed by atoms with Gasteiger partial charge < -0.3 is 9.47 Å². The molecule has 4 rings (SSSR count). The van der Waals surface area contributed by atoms with E-state index in [0.717, 1.165) is 44.8 Å². The van der Waals surface area contributed by atoms with Crippen LogP contribution < -0.4 is 4.74 Å². The fourth-order valence-electron chi connectivity index (χ4n) is 3.66. The maximum atomic E-state index is 6.09. The second-order valence-electron chi connectivity index (χ2n) is 6.93. The van der Waals surface area contributed by atoms with Gasteiger partial charge in [-0.2, -0.15) is 5.10 Å². The van der Waals surface area contributed by atoms with Gasteiger partial charge in [-0.1, -0.05) is 0 Å². The average molecular weight is 329 g/mol. The molecule has 2 fully saturated rings. The molecule has 0 amide bonds. The van der Waals surface area contributed by atoms with Crippen molar-refractivity contribution in [1.29, 1.82) is 0 Å². The highest BCUT2D eigenvalue weighted by atomic mass is 16.5. The molecule has 2 aromatic heterocycles. The van der Waals surface area contributed by atoms with E-state index in [1.807, 2.05) is 24.9 Å². The molecule has 7 nitrogen and oxygen atoms in total. The van der Waals surface area contributed by atoms with E-state index < -0.39 is 0 Å². The van der Waals surface area contributed by atoms with E-state index in [9.17, 15) is 0 Å². The first-order valence-electron chi connectivity index (χ1n) is 8.39. The van der Waals surface area contributed by atoms with Crippen molar-refractivity contribution < 1.29 is 9.47 Å². The summed E-state index contributed by atoms with van der Waals surface area (Å²) in [6.45, 7) is 5.48. The number of hydrogen-bond donors (Lipinski definition) is 0. The van der Waals surface area contributed by atoms with Gasteiger partial charge in [0, 0.05) is 57.5 Å². The van der Waals surface area contributed by atoms with Crippen LogP contribution in [0.5, 0.6) is 5.88 Å². The molecule has 2 aromatic rings. The fourth-order valence-corrected chi connectivity index (χ4v) is 3.66.